The Kier molecular flexibility index (Phi) is 7.17. The Bertz CT molecular complexity index is 191. The second-order valence-corrected chi connectivity index (χ2v) is 4.39. The van der Waals surface area contributed by atoms with Gasteiger partial charge in [0.15, 0.2) is 0 Å². The number of hydrogen-bond acceptors (Lipinski definition) is 3. The molecule has 0 aliphatic carbocycles. The minimum Gasteiger partial charge on any atom is -0.376 e. The maximum Gasteiger partial charge on any atom is 0.220 e. The van der Waals surface area contributed by atoms with E-state index in [2.05, 4.69) is 5.32 Å². The largest absolute Gasteiger partial charge is 0.376 e. The third-order valence-electron chi connectivity index (χ3n) is 2.91. The molecule has 1 aliphatic rings. The number of carbonyl (C=O) groups excluding carboxylic acids is 1. The van der Waals surface area contributed by atoms with Crippen LogP contribution in [0.2, 0.25) is 0 Å². The molecule has 4 nitrogen and oxygen atoms in total. The second kappa shape index (κ2) is 8.53. The normalized spacial score (nSPS) is 19.9. The van der Waals surface area contributed by atoms with Crippen molar-refractivity contribution in [2.24, 2.45) is 5.73 Å². The van der Waals surface area contributed by atoms with E-state index >= 15 is 0 Å². The molecular formula is C12H24N2O2. The smallest absolute Gasteiger partial charge is 0.220 e. The van der Waals surface area contributed by atoms with Crippen LogP contribution in [0.4, 0.5) is 0 Å². The van der Waals surface area contributed by atoms with Crippen LogP contribution in [-0.4, -0.2) is 31.7 Å². The molecule has 3 N–H and O–H groups in total. The summed E-state index contributed by atoms with van der Waals surface area (Å²) in [5, 5.41) is 2.93. The summed E-state index contributed by atoms with van der Waals surface area (Å²) in [5.74, 6) is 0.156. The summed E-state index contributed by atoms with van der Waals surface area (Å²) in [7, 11) is 0. The molecule has 4 heteroatoms. The van der Waals surface area contributed by atoms with E-state index in [0.717, 1.165) is 51.7 Å². The summed E-state index contributed by atoms with van der Waals surface area (Å²) in [6, 6.07) is 0. The van der Waals surface area contributed by atoms with Gasteiger partial charge in [0, 0.05) is 19.6 Å². The average molecular weight is 228 g/mol. The molecule has 0 bridgehead atoms. The predicted octanol–water partition coefficient (Wildman–Crippen LogP) is 1.19. The molecule has 0 radical (unpaired) electrons. The van der Waals surface area contributed by atoms with Crippen molar-refractivity contribution < 1.29 is 9.53 Å². The topological polar surface area (TPSA) is 64.4 Å². The monoisotopic (exact) mass is 228 g/mol. The minimum atomic E-state index is 0.156. The first kappa shape index (κ1) is 13.5. The zero-order chi connectivity index (χ0) is 11.6. The highest BCUT2D eigenvalue weighted by molar-refractivity contribution is 5.75. The van der Waals surface area contributed by atoms with Crippen molar-refractivity contribution in [3.63, 3.8) is 0 Å². The lowest BCUT2D eigenvalue weighted by molar-refractivity contribution is -0.121. The number of carbonyl (C=O) groups is 1. The summed E-state index contributed by atoms with van der Waals surface area (Å²) in [6.07, 6.45) is 7.36. The SMILES string of the molecule is NCCCCCCC(=O)NCC1CCCO1. The number of hydrogen-bond donors (Lipinski definition) is 2. The highest BCUT2D eigenvalue weighted by Crippen LogP contribution is 2.10. The van der Waals surface area contributed by atoms with Crippen molar-refractivity contribution in [3.05, 3.63) is 0 Å². The van der Waals surface area contributed by atoms with Crippen molar-refractivity contribution in [1.29, 1.82) is 0 Å². The zero-order valence-corrected chi connectivity index (χ0v) is 10.0. The third-order valence-corrected chi connectivity index (χ3v) is 2.91. The van der Waals surface area contributed by atoms with Crippen LogP contribution in [0.25, 0.3) is 0 Å². The van der Waals surface area contributed by atoms with E-state index in [1.807, 2.05) is 0 Å². The lowest BCUT2D eigenvalue weighted by atomic mass is 10.1. The van der Waals surface area contributed by atoms with E-state index in [-0.39, 0.29) is 12.0 Å². The third kappa shape index (κ3) is 6.08. The van der Waals surface area contributed by atoms with Crippen LogP contribution in [-0.2, 0) is 9.53 Å². The molecule has 94 valence electrons. The number of amides is 1. The van der Waals surface area contributed by atoms with Crippen LogP contribution >= 0.6 is 0 Å². The average Bonchev–Trinajstić information content (AvgIpc) is 2.79. The lowest BCUT2D eigenvalue weighted by Gasteiger charge is -2.10. The van der Waals surface area contributed by atoms with E-state index in [9.17, 15) is 4.79 Å². The van der Waals surface area contributed by atoms with Crippen molar-refractivity contribution in [3.8, 4) is 0 Å². The number of unbranched alkanes of at least 4 members (excludes halogenated alkanes) is 3. The molecule has 0 aromatic heterocycles. The summed E-state index contributed by atoms with van der Waals surface area (Å²) < 4.78 is 5.43. The van der Waals surface area contributed by atoms with Crippen LogP contribution in [0.5, 0.6) is 0 Å². The van der Waals surface area contributed by atoms with Crippen LogP contribution < -0.4 is 11.1 Å². The van der Waals surface area contributed by atoms with Gasteiger partial charge >= 0.3 is 0 Å². The Morgan fingerprint density at radius 2 is 2.12 bits per heavy atom. The fraction of sp³-hybridized carbons (Fsp3) is 0.917. The van der Waals surface area contributed by atoms with Crippen molar-refractivity contribution in [2.45, 2.75) is 51.0 Å². The summed E-state index contributed by atoms with van der Waals surface area (Å²) >= 11 is 0. The molecule has 1 fully saturated rings. The summed E-state index contributed by atoms with van der Waals surface area (Å²) in [5.41, 5.74) is 5.39. The zero-order valence-electron chi connectivity index (χ0n) is 10.0. The van der Waals surface area contributed by atoms with Crippen LogP contribution in [0, 0.1) is 0 Å². The fourth-order valence-electron chi connectivity index (χ4n) is 1.90. The van der Waals surface area contributed by atoms with Gasteiger partial charge in [-0.25, -0.2) is 0 Å². The first-order valence-electron chi connectivity index (χ1n) is 6.41. The molecule has 16 heavy (non-hydrogen) atoms. The van der Waals surface area contributed by atoms with Crippen molar-refractivity contribution >= 4 is 5.91 Å². The molecule has 1 amide bonds. The molecule has 1 saturated heterocycles. The minimum absolute atomic E-state index is 0.156. The van der Waals surface area contributed by atoms with Crippen LogP contribution in [0.15, 0.2) is 0 Å². The molecular weight excluding hydrogens is 204 g/mol. The quantitative estimate of drug-likeness (QED) is 0.613. The van der Waals surface area contributed by atoms with Crippen LogP contribution in [0.1, 0.15) is 44.9 Å². The van der Waals surface area contributed by atoms with E-state index < -0.39 is 0 Å². The Morgan fingerprint density at radius 3 is 2.81 bits per heavy atom. The van der Waals surface area contributed by atoms with Crippen molar-refractivity contribution in [2.75, 3.05) is 19.7 Å². The van der Waals surface area contributed by atoms with Gasteiger partial charge in [-0.3, -0.25) is 4.79 Å². The van der Waals surface area contributed by atoms with Gasteiger partial charge in [0.2, 0.25) is 5.91 Å². The molecule has 1 unspecified atom stereocenters. The van der Waals surface area contributed by atoms with Gasteiger partial charge in [0.25, 0.3) is 0 Å². The molecule has 1 atom stereocenters. The standard InChI is InChI=1S/C12H24N2O2/c13-8-4-2-1-3-7-12(15)14-10-11-6-5-9-16-11/h11H,1-10,13H2,(H,14,15). The van der Waals surface area contributed by atoms with E-state index in [1.165, 1.54) is 0 Å². The number of nitrogens with two attached hydrogens (primary N) is 1. The second-order valence-electron chi connectivity index (χ2n) is 4.39. The molecule has 1 heterocycles. The molecule has 0 aromatic rings. The highest BCUT2D eigenvalue weighted by atomic mass is 16.5. The number of ether oxygens (including phenoxy) is 1. The maximum atomic E-state index is 11.4. The fourth-order valence-corrected chi connectivity index (χ4v) is 1.90. The Hall–Kier alpha value is -0.610. The van der Waals surface area contributed by atoms with Gasteiger partial charge in [0.05, 0.1) is 6.10 Å². The van der Waals surface area contributed by atoms with Gasteiger partial charge in [-0.2, -0.15) is 0 Å². The van der Waals surface area contributed by atoms with Crippen molar-refractivity contribution in [1.82, 2.24) is 5.32 Å². The Labute approximate surface area is 97.9 Å². The molecule has 1 rings (SSSR count). The molecule has 1 aliphatic heterocycles. The van der Waals surface area contributed by atoms with E-state index in [1.54, 1.807) is 0 Å². The van der Waals surface area contributed by atoms with Gasteiger partial charge in [-0.05, 0) is 32.2 Å². The maximum absolute atomic E-state index is 11.4. The number of nitrogens with one attached hydrogen (secondary N) is 1. The lowest BCUT2D eigenvalue weighted by Crippen LogP contribution is -2.31. The van der Waals surface area contributed by atoms with Crippen LogP contribution in [0.3, 0.4) is 0 Å². The van der Waals surface area contributed by atoms with Gasteiger partial charge < -0.3 is 15.8 Å². The first-order chi connectivity index (χ1) is 7.83. The van der Waals surface area contributed by atoms with Gasteiger partial charge in [-0.15, -0.1) is 0 Å². The Balaban J connectivity index is 1.90. The molecule has 0 spiro atoms. The number of rotatable bonds is 8. The summed E-state index contributed by atoms with van der Waals surface area (Å²) in [6.45, 7) is 2.28. The Morgan fingerprint density at radius 1 is 1.31 bits per heavy atom. The predicted molar refractivity (Wildman–Crippen MR) is 64.1 cm³/mol. The van der Waals surface area contributed by atoms with E-state index in [0.29, 0.717) is 13.0 Å². The van der Waals surface area contributed by atoms with Gasteiger partial charge in [0.1, 0.15) is 0 Å². The van der Waals surface area contributed by atoms with E-state index in [4.69, 9.17) is 10.5 Å². The van der Waals surface area contributed by atoms with Gasteiger partial charge in [-0.1, -0.05) is 12.8 Å². The first-order valence-corrected chi connectivity index (χ1v) is 6.41. The molecule has 0 saturated carbocycles. The molecule has 0 aromatic carbocycles. The highest BCUT2D eigenvalue weighted by Gasteiger charge is 2.15. The summed E-state index contributed by atoms with van der Waals surface area (Å²) in [4.78, 5) is 11.4.